The molecule has 0 saturated carbocycles. The third-order valence-electron chi connectivity index (χ3n) is 7.50. The average molecular weight is 542 g/mol. The van der Waals surface area contributed by atoms with Crippen molar-refractivity contribution in [3.8, 4) is 44.3 Å². The van der Waals surface area contributed by atoms with Gasteiger partial charge in [-0.1, -0.05) is 115 Å². The van der Waals surface area contributed by atoms with Gasteiger partial charge in [0.25, 0.3) is 0 Å². The molecule has 3 nitrogen and oxygen atoms in total. The fourth-order valence-corrected chi connectivity index (χ4v) is 6.45. The highest BCUT2D eigenvalue weighted by molar-refractivity contribution is 7.21. The van der Waals surface area contributed by atoms with Gasteiger partial charge >= 0.3 is 0 Å². The molecular formula is C37H23N3S. The smallest absolute Gasteiger partial charge is 0.160 e. The molecule has 6 aromatic carbocycles. The Bertz CT molecular complexity index is 2200. The molecule has 0 spiro atoms. The van der Waals surface area contributed by atoms with E-state index in [-0.39, 0.29) is 0 Å². The monoisotopic (exact) mass is 541 g/mol. The van der Waals surface area contributed by atoms with Crippen molar-refractivity contribution in [1.82, 2.24) is 15.0 Å². The molecule has 2 aromatic heterocycles. The zero-order valence-electron chi connectivity index (χ0n) is 22.0. The maximum absolute atomic E-state index is 5.07. The molecule has 0 unspecified atom stereocenters. The van der Waals surface area contributed by atoms with E-state index < -0.39 is 0 Å². The highest BCUT2D eigenvalue weighted by atomic mass is 32.1. The van der Waals surface area contributed by atoms with Crippen LogP contribution in [0.2, 0.25) is 0 Å². The van der Waals surface area contributed by atoms with Crippen molar-refractivity contribution in [1.29, 1.82) is 0 Å². The molecule has 0 atom stereocenters. The van der Waals surface area contributed by atoms with Crippen LogP contribution >= 0.6 is 11.3 Å². The number of aromatic nitrogens is 3. The number of benzene rings is 6. The van der Waals surface area contributed by atoms with Gasteiger partial charge < -0.3 is 0 Å². The van der Waals surface area contributed by atoms with Gasteiger partial charge in [-0.15, -0.1) is 11.3 Å². The zero-order valence-corrected chi connectivity index (χ0v) is 22.8. The van der Waals surface area contributed by atoms with Gasteiger partial charge in [0.15, 0.2) is 5.82 Å². The van der Waals surface area contributed by atoms with E-state index in [9.17, 15) is 0 Å². The van der Waals surface area contributed by atoms with E-state index in [1.807, 2.05) is 36.4 Å². The van der Waals surface area contributed by atoms with E-state index in [1.54, 1.807) is 11.3 Å². The largest absolute Gasteiger partial charge is 0.235 e. The Kier molecular flexibility index (Phi) is 5.64. The second-order valence-corrected chi connectivity index (χ2v) is 11.1. The first-order valence-electron chi connectivity index (χ1n) is 13.6. The quantitative estimate of drug-likeness (QED) is 0.222. The van der Waals surface area contributed by atoms with Crippen molar-refractivity contribution in [2.45, 2.75) is 0 Å². The molecule has 0 N–H and O–H groups in total. The van der Waals surface area contributed by atoms with Crippen molar-refractivity contribution in [2.24, 2.45) is 0 Å². The first-order chi connectivity index (χ1) is 20.3. The number of nitrogens with zero attached hydrogens (tertiary/aromatic N) is 3. The summed E-state index contributed by atoms with van der Waals surface area (Å²) in [6.45, 7) is 0. The van der Waals surface area contributed by atoms with E-state index in [0.29, 0.717) is 0 Å². The molecule has 41 heavy (non-hydrogen) atoms. The average Bonchev–Trinajstić information content (AvgIpc) is 3.50. The standard InChI is InChI=1S/C37H23N3S/c1-3-10-24(11-4-1)34-31-16-7-8-17-32(31)38-36(39-34)29-15-9-14-26(23-29)27-18-20-30-28(22-27)19-21-33-35(30)40-37(41-33)25-12-5-2-6-13-25/h1-23H. The zero-order chi connectivity index (χ0) is 27.2. The van der Waals surface area contributed by atoms with E-state index in [2.05, 4.69) is 103 Å². The number of rotatable bonds is 4. The number of hydrogen-bond donors (Lipinski definition) is 0. The fraction of sp³-hybridized carbons (Fsp3) is 0. The normalized spacial score (nSPS) is 11.4. The maximum atomic E-state index is 5.07. The summed E-state index contributed by atoms with van der Waals surface area (Å²) in [5, 5.41) is 4.46. The molecule has 0 bridgehead atoms. The highest BCUT2D eigenvalue weighted by Gasteiger charge is 2.13. The Hall–Kier alpha value is -5.19. The Labute approximate surface area is 241 Å². The first kappa shape index (κ1) is 23.7. The van der Waals surface area contributed by atoms with Gasteiger partial charge in [-0.25, -0.2) is 15.0 Å². The summed E-state index contributed by atoms with van der Waals surface area (Å²) in [5.41, 5.74) is 8.46. The van der Waals surface area contributed by atoms with Crippen molar-refractivity contribution in [2.75, 3.05) is 0 Å². The highest BCUT2D eigenvalue weighted by Crippen LogP contribution is 2.36. The summed E-state index contributed by atoms with van der Waals surface area (Å²) in [6.07, 6.45) is 0. The molecular weight excluding hydrogens is 518 g/mol. The summed E-state index contributed by atoms with van der Waals surface area (Å²) in [6, 6.07) is 48.5. The lowest BCUT2D eigenvalue weighted by atomic mass is 9.99. The number of hydrogen-bond acceptors (Lipinski definition) is 4. The van der Waals surface area contributed by atoms with E-state index in [0.717, 1.165) is 60.8 Å². The lowest BCUT2D eigenvalue weighted by Crippen LogP contribution is -1.95. The Morgan fingerprint density at radius 3 is 2.00 bits per heavy atom. The molecule has 0 radical (unpaired) electrons. The molecule has 0 aliphatic rings. The van der Waals surface area contributed by atoms with Crippen LogP contribution in [0.25, 0.3) is 76.2 Å². The minimum Gasteiger partial charge on any atom is -0.235 e. The lowest BCUT2D eigenvalue weighted by Gasteiger charge is -2.11. The van der Waals surface area contributed by atoms with Crippen LogP contribution in [0.1, 0.15) is 0 Å². The summed E-state index contributed by atoms with van der Waals surface area (Å²) in [7, 11) is 0. The summed E-state index contributed by atoms with van der Waals surface area (Å²) >= 11 is 1.74. The topological polar surface area (TPSA) is 38.7 Å². The third kappa shape index (κ3) is 4.26. The van der Waals surface area contributed by atoms with Crippen molar-refractivity contribution >= 4 is 43.2 Å². The van der Waals surface area contributed by atoms with Gasteiger partial charge in [0.2, 0.25) is 0 Å². The predicted molar refractivity (Wildman–Crippen MR) is 172 cm³/mol. The third-order valence-corrected chi connectivity index (χ3v) is 8.57. The Morgan fingerprint density at radius 2 is 1.15 bits per heavy atom. The van der Waals surface area contributed by atoms with Crippen molar-refractivity contribution in [3.05, 3.63) is 140 Å². The van der Waals surface area contributed by atoms with Crippen LogP contribution in [0, 0.1) is 0 Å². The molecule has 192 valence electrons. The molecule has 0 amide bonds. The van der Waals surface area contributed by atoms with Crippen LogP contribution in [0.15, 0.2) is 140 Å². The van der Waals surface area contributed by atoms with Gasteiger partial charge in [0, 0.05) is 27.5 Å². The maximum Gasteiger partial charge on any atom is 0.160 e. The van der Waals surface area contributed by atoms with Crippen LogP contribution < -0.4 is 0 Å². The van der Waals surface area contributed by atoms with Crippen LogP contribution in [0.3, 0.4) is 0 Å². The second kappa shape index (κ2) is 9.77. The minimum absolute atomic E-state index is 0.725. The SMILES string of the molecule is c1ccc(-c2nc3c(ccc4cc(-c5cccc(-c6nc(-c7ccccc7)c7ccccc7n6)c5)ccc43)s2)cc1. The molecule has 8 rings (SSSR count). The lowest BCUT2D eigenvalue weighted by molar-refractivity contribution is 1.23. The molecule has 0 fully saturated rings. The van der Waals surface area contributed by atoms with Crippen molar-refractivity contribution in [3.63, 3.8) is 0 Å². The number of para-hydroxylation sites is 1. The second-order valence-electron chi connectivity index (χ2n) is 10.1. The number of fused-ring (bicyclic) bond motifs is 4. The number of thiazole rings is 1. The summed E-state index contributed by atoms with van der Waals surface area (Å²) in [5.74, 6) is 0.725. The molecule has 0 saturated heterocycles. The van der Waals surface area contributed by atoms with Crippen LogP contribution in [0.4, 0.5) is 0 Å². The Balaban J connectivity index is 1.21. The summed E-state index contributed by atoms with van der Waals surface area (Å²) in [4.78, 5) is 15.1. The van der Waals surface area contributed by atoms with Gasteiger partial charge in [-0.3, -0.25) is 0 Å². The predicted octanol–water partition coefficient (Wildman–Crippen LogP) is 10.1. The minimum atomic E-state index is 0.725. The van der Waals surface area contributed by atoms with Crippen LogP contribution in [0.5, 0.6) is 0 Å². The molecule has 8 aromatic rings. The van der Waals surface area contributed by atoms with E-state index >= 15 is 0 Å². The molecule has 4 heteroatoms. The van der Waals surface area contributed by atoms with Crippen molar-refractivity contribution < 1.29 is 0 Å². The molecule has 0 aliphatic heterocycles. The Morgan fingerprint density at radius 1 is 0.439 bits per heavy atom. The van der Waals surface area contributed by atoms with Crippen LogP contribution in [-0.2, 0) is 0 Å². The fourth-order valence-electron chi connectivity index (χ4n) is 5.46. The van der Waals surface area contributed by atoms with Crippen LogP contribution in [-0.4, -0.2) is 15.0 Å². The molecule has 2 heterocycles. The van der Waals surface area contributed by atoms with E-state index in [1.165, 1.54) is 15.5 Å². The van der Waals surface area contributed by atoms with Gasteiger partial charge in [-0.05, 0) is 40.8 Å². The van der Waals surface area contributed by atoms with Gasteiger partial charge in [-0.2, -0.15) is 0 Å². The van der Waals surface area contributed by atoms with E-state index in [4.69, 9.17) is 15.0 Å². The summed E-state index contributed by atoms with van der Waals surface area (Å²) < 4.78 is 1.20. The van der Waals surface area contributed by atoms with Gasteiger partial charge in [0.1, 0.15) is 5.01 Å². The van der Waals surface area contributed by atoms with Gasteiger partial charge in [0.05, 0.1) is 21.4 Å². The first-order valence-corrected chi connectivity index (χ1v) is 14.4. The molecule has 0 aliphatic carbocycles.